The van der Waals surface area contributed by atoms with E-state index in [2.05, 4.69) is 4.98 Å². The van der Waals surface area contributed by atoms with E-state index in [4.69, 9.17) is 5.11 Å². The molecule has 1 saturated heterocycles. The van der Waals surface area contributed by atoms with Crippen LogP contribution in [0.5, 0.6) is 0 Å². The average Bonchev–Trinajstić information content (AvgIpc) is 3.25. The maximum Gasteiger partial charge on any atom is 0.406 e. The number of aliphatic carboxylic acids is 1. The Hall–Kier alpha value is -1.94. The van der Waals surface area contributed by atoms with Crippen molar-refractivity contribution in [2.24, 2.45) is 5.41 Å². The molecule has 10 heteroatoms. The number of carbonyl (C=O) groups excluding carboxylic acids is 1. The molecule has 1 amide bonds. The number of carboxylic acid groups (broad SMARTS) is 1. The number of halogens is 3. The minimum absolute atomic E-state index is 0.242. The number of rotatable bonds is 3. The van der Waals surface area contributed by atoms with Gasteiger partial charge in [0.2, 0.25) is 0 Å². The Morgan fingerprint density at radius 3 is 2.64 bits per heavy atom. The van der Waals surface area contributed by atoms with Gasteiger partial charge in [-0.1, -0.05) is 6.07 Å². The normalized spacial score (nSPS) is 20.9. The molecular weight excluding hydrogens is 377 g/mol. The van der Waals surface area contributed by atoms with Crippen molar-refractivity contribution in [1.82, 2.24) is 9.88 Å². The fraction of sp³-hybridized carbons (Fsp3) is 0.400. The Morgan fingerprint density at radius 1 is 1.40 bits per heavy atom. The van der Waals surface area contributed by atoms with Crippen LogP contribution in [0.1, 0.15) is 21.8 Å². The van der Waals surface area contributed by atoms with Crippen LogP contribution in [0.15, 0.2) is 17.5 Å². The fourth-order valence-electron chi connectivity index (χ4n) is 2.75. The number of thiazole rings is 1. The summed E-state index contributed by atoms with van der Waals surface area (Å²) in [5, 5.41) is 11.6. The number of carboxylic acids is 1. The van der Waals surface area contributed by atoms with Crippen LogP contribution in [0.25, 0.3) is 9.88 Å². The number of nitrogens with zero attached hydrogens (tertiary/aromatic N) is 2. The number of likely N-dealkylation sites (tertiary alicyclic amines) is 1. The monoisotopic (exact) mass is 390 g/mol. The van der Waals surface area contributed by atoms with Crippen molar-refractivity contribution < 1.29 is 27.9 Å². The lowest BCUT2D eigenvalue weighted by molar-refractivity contribution is -0.227. The molecular formula is C15H13F3N2O3S2. The second kappa shape index (κ2) is 6.10. The summed E-state index contributed by atoms with van der Waals surface area (Å²) in [5.41, 5.74) is -2.48. The number of hydrogen-bond acceptors (Lipinski definition) is 5. The summed E-state index contributed by atoms with van der Waals surface area (Å²) in [6, 6.07) is 3.68. The predicted molar refractivity (Wildman–Crippen MR) is 86.8 cm³/mol. The number of thiophene rings is 1. The van der Waals surface area contributed by atoms with Gasteiger partial charge in [0.15, 0.2) is 5.41 Å². The smallest absolute Gasteiger partial charge is 0.406 e. The molecule has 25 heavy (non-hydrogen) atoms. The maximum absolute atomic E-state index is 13.2. The molecule has 0 aromatic carbocycles. The molecule has 1 atom stereocenters. The molecule has 0 aliphatic carbocycles. The van der Waals surface area contributed by atoms with Crippen molar-refractivity contribution in [3.8, 4) is 9.88 Å². The highest BCUT2D eigenvalue weighted by molar-refractivity contribution is 7.22. The van der Waals surface area contributed by atoms with Gasteiger partial charge in [-0.15, -0.1) is 22.7 Å². The fourth-order valence-corrected chi connectivity index (χ4v) is 4.59. The molecule has 3 rings (SSSR count). The first-order chi connectivity index (χ1) is 11.7. The maximum atomic E-state index is 13.2. The number of hydrogen-bond donors (Lipinski definition) is 1. The van der Waals surface area contributed by atoms with Crippen LogP contribution in [0.2, 0.25) is 0 Å². The first kappa shape index (κ1) is 17.9. The van der Waals surface area contributed by atoms with E-state index in [9.17, 15) is 22.8 Å². The van der Waals surface area contributed by atoms with Gasteiger partial charge in [0.25, 0.3) is 5.91 Å². The number of aromatic nitrogens is 1. The van der Waals surface area contributed by atoms with Crippen molar-refractivity contribution >= 4 is 34.6 Å². The van der Waals surface area contributed by atoms with Crippen molar-refractivity contribution in [2.45, 2.75) is 19.5 Å². The van der Waals surface area contributed by atoms with E-state index in [0.717, 1.165) is 21.1 Å². The van der Waals surface area contributed by atoms with E-state index >= 15 is 0 Å². The molecule has 2 aromatic rings. The minimum Gasteiger partial charge on any atom is -0.481 e. The third-order valence-corrected chi connectivity index (χ3v) is 6.42. The predicted octanol–water partition coefficient (Wildman–Crippen LogP) is 3.66. The van der Waals surface area contributed by atoms with Crippen molar-refractivity contribution in [3.05, 3.63) is 28.1 Å². The largest absolute Gasteiger partial charge is 0.481 e. The lowest BCUT2D eigenvalue weighted by Gasteiger charge is -2.27. The summed E-state index contributed by atoms with van der Waals surface area (Å²) < 4.78 is 39.7. The summed E-state index contributed by atoms with van der Waals surface area (Å²) >= 11 is 2.55. The molecule has 3 heterocycles. The van der Waals surface area contributed by atoms with Gasteiger partial charge in [-0.05, 0) is 24.8 Å². The Labute approximate surface area is 148 Å². The molecule has 1 aliphatic heterocycles. The highest BCUT2D eigenvalue weighted by Gasteiger charge is 2.64. The van der Waals surface area contributed by atoms with Crippen molar-refractivity contribution in [2.75, 3.05) is 13.1 Å². The Balaban J connectivity index is 1.87. The lowest BCUT2D eigenvalue weighted by atomic mass is 9.86. The van der Waals surface area contributed by atoms with Crippen LogP contribution < -0.4 is 0 Å². The lowest BCUT2D eigenvalue weighted by Crippen LogP contribution is -2.47. The summed E-state index contributed by atoms with van der Waals surface area (Å²) in [5.74, 6) is -2.55. The van der Waals surface area contributed by atoms with E-state index in [0.29, 0.717) is 10.7 Å². The zero-order valence-corrected chi connectivity index (χ0v) is 14.6. The van der Waals surface area contributed by atoms with E-state index in [1.54, 1.807) is 6.92 Å². The summed E-state index contributed by atoms with van der Waals surface area (Å²) in [7, 11) is 0. The van der Waals surface area contributed by atoms with Crippen LogP contribution in [0, 0.1) is 12.3 Å². The number of carbonyl (C=O) groups is 2. The number of alkyl halides is 3. The molecule has 1 fully saturated rings. The van der Waals surface area contributed by atoms with Crippen LogP contribution in [0.3, 0.4) is 0 Å². The average molecular weight is 390 g/mol. The van der Waals surface area contributed by atoms with Gasteiger partial charge in [-0.3, -0.25) is 9.59 Å². The van der Waals surface area contributed by atoms with E-state index in [-0.39, 0.29) is 11.4 Å². The molecule has 1 unspecified atom stereocenters. The molecule has 0 bridgehead atoms. The van der Waals surface area contributed by atoms with Gasteiger partial charge in [0.05, 0.1) is 10.6 Å². The van der Waals surface area contributed by atoms with E-state index in [1.165, 1.54) is 11.3 Å². The topological polar surface area (TPSA) is 70.5 Å². The van der Waals surface area contributed by atoms with Gasteiger partial charge >= 0.3 is 12.1 Å². The summed E-state index contributed by atoms with van der Waals surface area (Å²) in [4.78, 5) is 30.2. The second-order valence-corrected chi connectivity index (χ2v) is 7.72. The SMILES string of the molecule is Cc1nc(-c2cccs2)sc1C(=O)N1CCC(C(=O)O)(C(F)(F)F)C1. The first-order valence-electron chi connectivity index (χ1n) is 7.26. The molecule has 134 valence electrons. The molecule has 1 N–H and O–H groups in total. The van der Waals surface area contributed by atoms with Gasteiger partial charge < -0.3 is 10.0 Å². The van der Waals surface area contributed by atoms with Crippen LogP contribution in [-0.4, -0.2) is 46.1 Å². The quantitative estimate of drug-likeness (QED) is 0.868. The zero-order valence-electron chi connectivity index (χ0n) is 13.0. The highest BCUT2D eigenvalue weighted by atomic mass is 32.1. The minimum atomic E-state index is -4.92. The Morgan fingerprint density at radius 2 is 2.12 bits per heavy atom. The first-order valence-corrected chi connectivity index (χ1v) is 8.96. The van der Waals surface area contributed by atoms with Gasteiger partial charge in [-0.2, -0.15) is 13.2 Å². The highest BCUT2D eigenvalue weighted by Crippen LogP contribution is 2.46. The summed E-state index contributed by atoms with van der Waals surface area (Å²) in [6.45, 7) is 0.484. The van der Waals surface area contributed by atoms with Crippen LogP contribution >= 0.6 is 22.7 Å². The van der Waals surface area contributed by atoms with Gasteiger partial charge in [0, 0.05) is 13.1 Å². The van der Waals surface area contributed by atoms with Crippen LogP contribution in [0.4, 0.5) is 13.2 Å². The molecule has 0 spiro atoms. The zero-order chi connectivity index (χ0) is 18.4. The van der Waals surface area contributed by atoms with Crippen molar-refractivity contribution in [3.63, 3.8) is 0 Å². The van der Waals surface area contributed by atoms with Gasteiger partial charge in [-0.25, -0.2) is 4.98 Å². The molecule has 0 saturated carbocycles. The molecule has 0 radical (unpaired) electrons. The standard InChI is InChI=1S/C15H13F3N2O3S2/c1-8-10(25-11(19-8)9-3-2-6-24-9)12(21)20-5-4-14(7-20,13(22)23)15(16,17)18/h2-3,6H,4-5,7H2,1H3,(H,22,23). The Kier molecular flexibility index (Phi) is 4.36. The molecule has 2 aromatic heterocycles. The number of amides is 1. The summed E-state index contributed by atoms with van der Waals surface area (Å²) in [6.07, 6.45) is -5.56. The second-order valence-electron chi connectivity index (χ2n) is 5.77. The van der Waals surface area contributed by atoms with Gasteiger partial charge in [0.1, 0.15) is 9.88 Å². The van der Waals surface area contributed by atoms with Crippen molar-refractivity contribution in [1.29, 1.82) is 0 Å². The third kappa shape index (κ3) is 2.93. The van der Waals surface area contributed by atoms with Crippen LogP contribution in [-0.2, 0) is 4.79 Å². The number of aryl methyl sites for hydroxylation is 1. The molecule has 5 nitrogen and oxygen atoms in total. The van der Waals surface area contributed by atoms with E-state index < -0.39 is 36.4 Å². The third-order valence-electron chi connectivity index (χ3n) is 4.23. The Bertz CT molecular complexity index is 817. The van der Waals surface area contributed by atoms with E-state index in [1.807, 2.05) is 17.5 Å². The molecule has 1 aliphatic rings.